The maximum Gasteiger partial charge on any atom is 0.325 e. The first-order chi connectivity index (χ1) is 6.69. The Kier molecular flexibility index (Phi) is 4.20. The Morgan fingerprint density at radius 1 is 1.50 bits per heavy atom. The number of carbonyl (C=O) groups is 2. The third-order valence-corrected chi connectivity index (χ3v) is 2.26. The molecule has 0 aromatic heterocycles. The summed E-state index contributed by atoms with van der Waals surface area (Å²) in [5.41, 5.74) is 0. The first-order valence-corrected chi connectivity index (χ1v) is 5.23. The lowest BCUT2D eigenvalue weighted by Crippen LogP contribution is -2.38. The Morgan fingerprint density at radius 3 is 2.57 bits per heavy atom. The van der Waals surface area contributed by atoms with Gasteiger partial charge in [0.25, 0.3) is 0 Å². The molecule has 0 bridgehead atoms. The van der Waals surface area contributed by atoms with Crippen molar-refractivity contribution in [2.45, 2.75) is 25.8 Å². The van der Waals surface area contributed by atoms with E-state index in [2.05, 4.69) is 0 Å². The van der Waals surface area contributed by atoms with Gasteiger partial charge in [-0.15, -0.1) is 11.6 Å². The zero-order chi connectivity index (χ0) is 10.6. The van der Waals surface area contributed by atoms with E-state index in [0.29, 0.717) is 6.61 Å². The molecule has 1 saturated carbocycles. The van der Waals surface area contributed by atoms with Gasteiger partial charge in [0.2, 0.25) is 5.91 Å². The van der Waals surface area contributed by atoms with Gasteiger partial charge in [0.1, 0.15) is 12.4 Å². The van der Waals surface area contributed by atoms with Gasteiger partial charge < -0.3 is 9.64 Å². The Labute approximate surface area is 88.2 Å². The highest BCUT2D eigenvalue weighted by molar-refractivity contribution is 6.27. The Bertz CT molecular complexity index is 228. The minimum absolute atomic E-state index is 0.0318. The molecule has 80 valence electrons. The number of hydrogen-bond acceptors (Lipinski definition) is 3. The van der Waals surface area contributed by atoms with E-state index in [1.165, 1.54) is 4.90 Å². The van der Waals surface area contributed by atoms with Crippen LogP contribution in [-0.2, 0) is 14.3 Å². The van der Waals surface area contributed by atoms with Crippen LogP contribution in [0.5, 0.6) is 0 Å². The standard InChI is InChI=1S/C9H14ClNO3/c1-2-14-9(13)6-11(7-3-4-7)8(12)5-10/h7H,2-6H2,1H3. The lowest BCUT2D eigenvalue weighted by molar-refractivity contribution is -0.148. The zero-order valence-corrected chi connectivity index (χ0v) is 8.92. The van der Waals surface area contributed by atoms with Gasteiger partial charge in [-0.3, -0.25) is 9.59 Å². The maximum atomic E-state index is 11.3. The van der Waals surface area contributed by atoms with Crippen LogP contribution in [0.1, 0.15) is 19.8 Å². The molecule has 0 radical (unpaired) electrons. The van der Waals surface area contributed by atoms with E-state index in [1.54, 1.807) is 6.92 Å². The second-order valence-corrected chi connectivity index (χ2v) is 3.46. The molecule has 0 spiro atoms. The van der Waals surface area contributed by atoms with Gasteiger partial charge in [-0.2, -0.15) is 0 Å². The number of nitrogens with zero attached hydrogens (tertiary/aromatic N) is 1. The fraction of sp³-hybridized carbons (Fsp3) is 0.778. The van der Waals surface area contributed by atoms with Crippen LogP contribution in [0.3, 0.4) is 0 Å². The van der Waals surface area contributed by atoms with E-state index in [4.69, 9.17) is 16.3 Å². The maximum absolute atomic E-state index is 11.3. The number of amides is 1. The zero-order valence-electron chi connectivity index (χ0n) is 8.16. The van der Waals surface area contributed by atoms with E-state index in [1.807, 2.05) is 0 Å². The SMILES string of the molecule is CCOC(=O)CN(C(=O)CCl)C1CC1. The Hall–Kier alpha value is -0.770. The van der Waals surface area contributed by atoms with Gasteiger partial charge in [0.15, 0.2) is 0 Å². The molecule has 1 aliphatic carbocycles. The molecule has 0 aromatic carbocycles. The molecule has 4 nitrogen and oxygen atoms in total. The average molecular weight is 220 g/mol. The monoisotopic (exact) mass is 219 g/mol. The average Bonchev–Trinajstić information content (AvgIpc) is 2.97. The number of rotatable bonds is 5. The highest BCUT2D eigenvalue weighted by atomic mass is 35.5. The van der Waals surface area contributed by atoms with Crippen LogP contribution in [-0.4, -0.2) is 41.8 Å². The molecule has 14 heavy (non-hydrogen) atoms. The third-order valence-electron chi connectivity index (χ3n) is 2.03. The lowest BCUT2D eigenvalue weighted by atomic mass is 10.4. The summed E-state index contributed by atoms with van der Waals surface area (Å²) in [4.78, 5) is 24.0. The predicted molar refractivity (Wildman–Crippen MR) is 52.1 cm³/mol. The number of esters is 1. The summed E-state index contributed by atoms with van der Waals surface area (Å²) in [5, 5.41) is 0. The lowest BCUT2D eigenvalue weighted by Gasteiger charge is -2.19. The minimum atomic E-state index is -0.363. The van der Waals surface area contributed by atoms with Crippen molar-refractivity contribution in [2.75, 3.05) is 19.0 Å². The topological polar surface area (TPSA) is 46.6 Å². The summed E-state index contributed by atoms with van der Waals surface area (Å²) in [6.07, 6.45) is 1.92. The minimum Gasteiger partial charge on any atom is -0.465 e. The predicted octanol–water partition coefficient (Wildman–Crippen LogP) is 0.779. The van der Waals surface area contributed by atoms with Crippen molar-refractivity contribution in [1.29, 1.82) is 0 Å². The molecule has 1 aliphatic rings. The van der Waals surface area contributed by atoms with Crippen molar-refractivity contribution in [3.63, 3.8) is 0 Å². The molecule has 0 aliphatic heterocycles. The molecule has 0 aromatic rings. The van der Waals surface area contributed by atoms with Crippen LogP contribution in [0.2, 0.25) is 0 Å². The fourth-order valence-corrected chi connectivity index (χ4v) is 1.38. The molecule has 0 atom stereocenters. The van der Waals surface area contributed by atoms with Gasteiger partial charge in [-0.25, -0.2) is 0 Å². The van der Waals surface area contributed by atoms with Crippen molar-refractivity contribution in [3.05, 3.63) is 0 Å². The van der Waals surface area contributed by atoms with Gasteiger partial charge in [0, 0.05) is 6.04 Å². The summed E-state index contributed by atoms with van der Waals surface area (Å²) in [5.74, 6) is -0.629. The van der Waals surface area contributed by atoms with E-state index in [9.17, 15) is 9.59 Å². The summed E-state index contributed by atoms with van der Waals surface area (Å²) in [6, 6.07) is 0.200. The van der Waals surface area contributed by atoms with E-state index >= 15 is 0 Å². The second-order valence-electron chi connectivity index (χ2n) is 3.19. The summed E-state index contributed by atoms with van der Waals surface area (Å²) < 4.78 is 4.77. The molecular formula is C9H14ClNO3. The van der Waals surface area contributed by atoms with Gasteiger partial charge in [-0.05, 0) is 19.8 Å². The Morgan fingerprint density at radius 2 is 2.14 bits per heavy atom. The smallest absolute Gasteiger partial charge is 0.325 e. The quantitative estimate of drug-likeness (QED) is 0.507. The molecule has 0 heterocycles. The van der Waals surface area contributed by atoms with Crippen LogP contribution < -0.4 is 0 Å². The van der Waals surface area contributed by atoms with E-state index in [0.717, 1.165) is 12.8 Å². The van der Waals surface area contributed by atoms with Crippen molar-refractivity contribution < 1.29 is 14.3 Å². The van der Waals surface area contributed by atoms with Gasteiger partial charge in [-0.1, -0.05) is 0 Å². The molecule has 1 fully saturated rings. The normalized spacial score (nSPS) is 15.0. The van der Waals surface area contributed by atoms with Gasteiger partial charge >= 0.3 is 5.97 Å². The molecule has 1 amide bonds. The number of ether oxygens (including phenoxy) is 1. The molecule has 5 heteroatoms. The van der Waals surface area contributed by atoms with Gasteiger partial charge in [0.05, 0.1) is 6.61 Å². The molecule has 1 rings (SSSR count). The number of hydrogen-bond donors (Lipinski definition) is 0. The first kappa shape index (κ1) is 11.3. The van der Waals surface area contributed by atoms with Crippen LogP contribution >= 0.6 is 11.6 Å². The van der Waals surface area contributed by atoms with Crippen LogP contribution in [0, 0.1) is 0 Å². The highest BCUT2D eigenvalue weighted by Crippen LogP contribution is 2.26. The molecule has 0 unspecified atom stereocenters. The summed E-state index contributed by atoms with van der Waals surface area (Å²) in [6.45, 7) is 2.11. The third kappa shape index (κ3) is 3.18. The van der Waals surface area contributed by atoms with Crippen LogP contribution in [0.4, 0.5) is 0 Å². The van der Waals surface area contributed by atoms with Crippen molar-refractivity contribution in [3.8, 4) is 0 Å². The van der Waals surface area contributed by atoms with E-state index in [-0.39, 0.29) is 30.3 Å². The number of carbonyl (C=O) groups excluding carboxylic acids is 2. The van der Waals surface area contributed by atoms with Crippen molar-refractivity contribution in [2.24, 2.45) is 0 Å². The number of alkyl halides is 1. The Balaban J connectivity index is 2.42. The van der Waals surface area contributed by atoms with Crippen LogP contribution in [0.15, 0.2) is 0 Å². The number of halogens is 1. The molecular weight excluding hydrogens is 206 g/mol. The van der Waals surface area contributed by atoms with E-state index < -0.39 is 0 Å². The van der Waals surface area contributed by atoms with Crippen molar-refractivity contribution >= 4 is 23.5 Å². The van der Waals surface area contributed by atoms with Crippen LogP contribution in [0.25, 0.3) is 0 Å². The summed E-state index contributed by atoms with van der Waals surface area (Å²) in [7, 11) is 0. The largest absolute Gasteiger partial charge is 0.465 e. The molecule has 0 N–H and O–H groups in total. The second kappa shape index (κ2) is 5.20. The first-order valence-electron chi connectivity index (χ1n) is 4.70. The van der Waals surface area contributed by atoms with Crippen molar-refractivity contribution in [1.82, 2.24) is 4.90 Å². The highest BCUT2D eigenvalue weighted by Gasteiger charge is 2.33. The summed E-state index contributed by atoms with van der Waals surface area (Å²) >= 11 is 5.44. The molecule has 0 saturated heterocycles. The fourth-order valence-electron chi connectivity index (χ4n) is 1.23.